The molecule has 2 aromatic rings. The number of hydrogen-bond donors (Lipinski definition) is 2. The first-order valence-electron chi connectivity index (χ1n) is 9.73. The van der Waals surface area contributed by atoms with Crippen molar-refractivity contribution in [3.63, 3.8) is 0 Å². The fraction of sp³-hybridized carbons (Fsp3) is 0.409. The zero-order valence-electron chi connectivity index (χ0n) is 16.1. The summed E-state index contributed by atoms with van der Waals surface area (Å²) in [6.07, 6.45) is 0.365. The molecule has 1 aliphatic rings. The van der Waals surface area contributed by atoms with Gasteiger partial charge in [-0.25, -0.2) is 0 Å². The van der Waals surface area contributed by atoms with Crippen molar-refractivity contribution in [3.8, 4) is 0 Å². The van der Waals surface area contributed by atoms with Crippen molar-refractivity contribution >= 4 is 11.6 Å². The quantitative estimate of drug-likeness (QED) is 0.790. The predicted octanol–water partition coefficient (Wildman–Crippen LogP) is 2.36. The normalized spacial score (nSPS) is 16.1. The third kappa shape index (κ3) is 5.81. The number of piperazine rings is 1. The van der Waals surface area contributed by atoms with E-state index in [4.69, 9.17) is 5.73 Å². The molecule has 1 atom stereocenters. The SMILES string of the molecule is CC(N)CC(=O)NCc1ccccc1CN1CCN(c2ccccc2)CC1. The summed E-state index contributed by atoms with van der Waals surface area (Å²) in [5, 5.41) is 2.99. The van der Waals surface area contributed by atoms with E-state index < -0.39 is 0 Å². The van der Waals surface area contributed by atoms with E-state index in [1.54, 1.807) is 0 Å². The van der Waals surface area contributed by atoms with Crippen molar-refractivity contribution in [1.29, 1.82) is 0 Å². The first-order chi connectivity index (χ1) is 13.1. The van der Waals surface area contributed by atoms with Crippen LogP contribution >= 0.6 is 0 Å². The third-order valence-corrected chi connectivity index (χ3v) is 4.99. The van der Waals surface area contributed by atoms with Crippen molar-refractivity contribution in [2.45, 2.75) is 32.5 Å². The molecule has 0 saturated carbocycles. The summed E-state index contributed by atoms with van der Waals surface area (Å²) < 4.78 is 0. The Balaban J connectivity index is 1.53. The first-order valence-corrected chi connectivity index (χ1v) is 9.73. The molecule has 1 unspecified atom stereocenters. The second-order valence-electron chi connectivity index (χ2n) is 7.33. The number of nitrogens with two attached hydrogens (primary N) is 1. The average Bonchev–Trinajstić information content (AvgIpc) is 2.68. The Hall–Kier alpha value is -2.37. The Morgan fingerprint density at radius 1 is 1.00 bits per heavy atom. The Labute approximate surface area is 162 Å². The molecule has 0 radical (unpaired) electrons. The van der Waals surface area contributed by atoms with Gasteiger partial charge in [-0.3, -0.25) is 9.69 Å². The van der Waals surface area contributed by atoms with Crippen LogP contribution in [0.25, 0.3) is 0 Å². The zero-order chi connectivity index (χ0) is 19.1. The van der Waals surface area contributed by atoms with Crippen LogP contribution in [0, 0.1) is 0 Å². The van der Waals surface area contributed by atoms with E-state index in [1.165, 1.54) is 16.8 Å². The molecule has 1 saturated heterocycles. The molecule has 3 N–H and O–H groups in total. The van der Waals surface area contributed by atoms with Gasteiger partial charge in [0.05, 0.1) is 0 Å². The molecule has 1 heterocycles. The maximum absolute atomic E-state index is 11.9. The molecule has 144 valence electrons. The number of nitrogens with one attached hydrogen (secondary N) is 1. The highest BCUT2D eigenvalue weighted by Crippen LogP contribution is 2.18. The van der Waals surface area contributed by atoms with Gasteiger partial charge >= 0.3 is 0 Å². The van der Waals surface area contributed by atoms with Crippen LogP contribution in [0.2, 0.25) is 0 Å². The molecule has 5 nitrogen and oxygen atoms in total. The van der Waals surface area contributed by atoms with E-state index in [-0.39, 0.29) is 11.9 Å². The number of amides is 1. The highest BCUT2D eigenvalue weighted by atomic mass is 16.1. The van der Waals surface area contributed by atoms with Crippen LogP contribution in [-0.4, -0.2) is 43.0 Å². The van der Waals surface area contributed by atoms with E-state index >= 15 is 0 Å². The zero-order valence-corrected chi connectivity index (χ0v) is 16.1. The highest BCUT2D eigenvalue weighted by molar-refractivity contribution is 5.76. The topological polar surface area (TPSA) is 61.6 Å². The van der Waals surface area contributed by atoms with Crippen LogP contribution in [0.15, 0.2) is 54.6 Å². The molecule has 0 bridgehead atoms. The maximum Gasteiger partial charge on any atom is 0.221 e. The number of carbonyl (C=O) groups is 1. The second kappa shape index (κ2) is 9.53. The molecule has 0 aromatic heterocycles. The standard InChI is InChI=1S/C22H30N4O/c1-18(23)15-22(27)24-16-19-7-5-6-8-20(19)17-25-11-13-26(14-12-25)21-9-3-2-4-10-21/h2-10,18H,11-17,23H2,1H3,(H,24,27). The monoisotopic (exact) mass is 366 g/mol. The minimum Gasteiger partial charge on any atom is -0.369 e. The van der Waals surface area contributed by atoms with Gasteiger partial charge in [0.15, 0.2) is 0 Å². The van der Waals surface area contributed by atoms with E-state index in [1.807, 2.05) is 13.0 Å². The van der Waals surface area contributed by atoms with Crippen LogP contribution in [0.1, 0.15) is 24.5 Å². The Bertz CT molecular complexity index is 724. The number of hydrogen-bond acceptors (Lipinski definition) is 4. The molecular weight excluding hydrogens is 336 g/mol. The maximum atomic E-state index is 11.9. The van der Waals surface area contributed by atoms with Gasteiger partial charge in [-0.05, 0) is 30.2 Å². The molecular formula is C22H30N4O. The smallest absolute Gasteiger partial charge is 0.221 e. The Morgan fingerprint density at radius 3 is 2.30 bits per heavy atom. The Morgan fingerprint density at radius 2 is 1.63 bits per heavy atom. The minimum absolute atomic E-state index is 0.0104. The van der Waals surface area contributed by atoms with E-state index in [0.29, 0.717) is 13.0 Å². The second-order valence-corrected chi connectivity index (χ2v) is 7.33. The fourth-order valence-electron chi connectivity index (χ4n) is 3.49. The number of para-hydroxylation sites is 1. The van der Waals surface area contributed by atoms with Crippen molar-refractivity contribution in [3.05, 3.63) is 65.7 Å². The van der Waals surface area contributed by atoms with Gasteiger partial charge in [0, 0.05) is 57.4 Å². The van der Waals surface area contributed by atoms with E-state index in [9.17, 15) is 4.79 Å². The van der Waals surface area contributed by atoms with Crippen molar-refractivity contribution in [1.82, 2.24) is 10.2 Å². The predicted molar refractivity (Wildman–Crippen MR) is 110 cm³/mol. The molecule has 3 rings (SSSR count). The van der Waals surface area contributed by atoms with Gasteiger partial charge in [-0.1, -0.05) is 42.5 Å². The fourth-order valence-corrected chi connectivity index (χ4v) is 3.49. The highest BCUT2D eigenvalue weighted by Gasteiger charge is 2.18. The first kappa shape index (κ1) is 19.4. The lowest BCUT2D eigenvalue weighted by atomic mass is 10.1. The Kier molecular flexibility index (Phi) is 6.85. The van der Waals surface area contributed by atoms with Gasteiger partial charge < -0.3 is 16.0 Å². The van der Waals surface area contributed by atoms with Crippen molar-refractivity contribution < 1.29 is 4.79 Å². The molecule has 0 aliphatic carbocycles. The van der Waals surface area contributed by atoms with Gasteiger partial charge in [-0.15, -0.1) is 0 Å². The van der Waals surface area contributed by atoms with Crippen LogP contribution in [-0.2, 0) is 17.9 Å². The molecule has 1 aliphatic heterocycles. The largest absolute Gasteiger partial charge is 0.369 e. The van der Waals surface area contributed by atoms with E-state index in [2.05, 4.69) is 63.6 Å². The summed E-state index contributed by atoms with van der Waals surface area (Å²) in [7, 11) is 0. The molecule has 5 heteroatoms. The van der Waals surface area contributed by atoms with Crippen molar-refractivity contribution in [2.24, 2.45) is 5.73 Å². The lowest BCUT2D eigenvalue weighted by Crippen LogP contribution is -2.46. The summed E-state index contributed by atoms with van der Waals surface area (Å²) in [4.78, 5) is 16.8. The van der Waals surface area contributed by atoms with Crippen LogP contribution in [0.3, 0.4) is 0 Å². The summed E-state index contributed by atoms with van der Waals surface area (Å²) in [5.41, 5.74) is 9.46. The lowest BCUT2D eigenvalue weighted by Gasteiger charge is -2.36. The number of carbonyl (C=O) groups excluding carboxylic acids is 1. The van der Waals surface area contributed by atoms with Gasteiger partial charge in [0.2, 0.25) is 5.91 Å². The molecule has 27 heavy (non-hydrogen) atoms. The number of benzene rings is 2. The molecule has 0 spiro atoms. The summed E-state index contributed by atoms with van der Waals surface area (Å²) >= 11 is 0. The summed E-state index contributed by atoms with van der Waals surface area (Å²) in [6.45, 7) is 7.49. The van der Waals surface area contributed by atoms with Crippen molar-refractivity contribution in [2.75, 3.05) is 31.1 Å². The lowest BCUT2D eigenvalue weighted by molar-refractivity contribution is -0.121. The minimum atomic E-state index is -0.110. The summed E-state index contributed by atoms with van der Waals surface area (Å²) in [5.74, 6) is 0.0104. The van der Waals surface area contributed by atoms with Gasteiger partial charge in [-0.2, -0.15) is 0 Å². The number of nitrogens with zero attached hydrogens (tertiary/aromatic N) is 2. The summed E-state index contributed by atoms with van der Waals surface area (Å²) in [6, 6.07) is 18.9. The molecule has 1 fully saturated rings. The number of rotatable bonds is 7. The van der Waals surface area contributed by atoms with Crippen LogP contribution in [0.4, 0.5) is 5.69 Å². The number of anilines is 1. The molecule has 1 amide bonds. The average molecular weight is 367 g/mol. The molecule has 2 aromatic carbocycles. The van der Waals surface area contributed by atoms with Crippen LogP contribution in [0.5, 0.6) is 0 Å². The van der Waals surface area contributed by atoms with E-state index in [0.717, 1.165) is 32.7 Å². The van der Waals surface area contributed by atoms with Gasteiger partial charge in [0.1, 0.15) is 0 Å². The van der Waals surface area contributed by atoms with Gasteiger partial charge in [0.25, 0.3) is 0 Å². The third-order valence-electron chi connectivity index (χ3n) is 4.99. The van der Waals surface area contributed by atoms with Crippen LogP contribution < -0.4 is 16.0 Å².